The largest absolute Gasteiger partial charge is 0.497 e. The van der Waals surface area contributed by atoms with Gasteiger partial charge in [-0.3, -0.25) is 4.90 Å². The van der Waals surface area contributed by atoms with E-state index in [1.807, 2.05) is 18.2 Å². The molecule has 1 aliphatic rings. The number of aliphatic hydroxyl groups is 1. The molecule has 0 amide bonds. The number of aliphatic hydroxyl groups excluding tert-OH is 1. The summed E-state index contributed by atoms with van der Waals surface area (Å²) < 4.78 is 10.5. The first kappa shape index (κ1) is 15.1. The van der Waals surface area contributed by atoms with E-state index in [1.165, 1.54) is 0 Å². The molecular weight excluding hydrogens is 256 g/mol. The summed E-state index contributed by atoms with van der Waals surface area (Å²) in [6.45, 7) is 4.72. The highest BCUT2D eigenvalue weighted by Crippen LogP contribution is 2.30. The predicted molar refractivity (Wildman–Crippen MR) is 78.4 cm³/mol. The van der Waals surface area contributed by atoms with Gasteiger partial charge in [0.05, 0.1) is 20.3 Å². The number of nitrogens with zero attached hydrogens (tertiary/aromatic N) is 2. The topological polar surface area (TPSA) is 45.2 Å². The Kier molecular flexibility index (Phi) is 5.23. The maximum absolute atomic E-state index is 10.4. The molecule has 5 nitrogen and oxygen atoms in total. The van der Waals surface area contributed by atoms with E-state index < -0.39 is 6.10 Å². The van der Waals surface area contributed by atoms with Crippen molar-refractivity contribution in [2.75, 3.05) is 54.0 Å². The van der Waals surface area contributed by atoms with Crippen molar-refractivity contribution in [2.45, 2.75) is 6.10 Å². The highest BCUT2D eigenvalue weighted by atomic mass is 16.5. The van der Waals surface area contributed by atoms with Crippen molar-refractivity contribution in [1.29, 1.82) is 0 Å². The van der Waals surface area contributed by atoms with E-state index in [9.17, 15) is 5.11 Å². The van der Waals surface area contributed by atoms with Crippen LogP contribution in [0.1, 0.15) is 11.7 Å². The van der Waals surface area contributed by atoms with Crippen LogP contribution in [0.2, 0.25) is 0 Å². The van der Waals surface area contributed by atoms with E-state index >= 15 is 0 Å². The van der Waals surface area contributed by atoms with Gasteiger partial charge < -0.3 is 19.5 Å². The normalized spacial score (nSPS) is 18.8. The van der Waals surface area contributed by atoms with Gasteiger partial charge in [-0.15, -0.1) is 0 Å². The van der Waals surface area contributed by atoms with Crippen LogP contribution in [-0.4, -0.2) is 68.9 Å². The number of piperazine rings is 1. The molecule has 1 unspecified atom stereocenters. The summed E-state index contributed by atoms with van der Waals surface area (Å²) in [6, 6.07) is 5.53. The third kappa shape index (κ3) is 3.62. The summed E-state index contributed by atoms with van der Waals surface area (Å²) in [5, 5.41) is 10.4. The zero-order chi connectivity index (χ0) is 14.5. The lowest BCUT2D eigenvalue weighted by atomic mass is 10.1. The van der Waals surface area contributed by atoms with Gasteiger partial charge in [0.1, 0.15) is 11.5 Å². The van der Waals surface area contributed by atoms with Gasteiger partial charge in [0.25, 0.3) is 0 Å². The first-order chi connectivity index (χ1) is 9.63. The minimum atomic E-state index is -0.542. The second kappa shape index (κ2) is 6.92. The van der Waals surface area contributed by atoms with Gasteiger partial charge >= 0.3 is 0 Å². The molecule has 0 aromatic heterocycles. The van der Waals surface area contributed by atoms with Gasteiger partial charge in [0.15, 0.2) is 0 Å². The zero-order valence-corrected chi connectivity index (χ0v) is 12.5. The average molecular weight is 280 g/mol. The van der Waals surface area contributed by atoms with Crippen LogP contribution < -0.4 is 9.47 Å². The maximum Gasteiger partial charge on any atom is 0.128 e. The number of hydrogen-bond acceptors (Lipinski definition) is 5. The summed E-state index contributed by atoms with van der Waals surface area (Å²) in [5.41, 5.74) is 0.812. The number of β-amino-alcohol motifs (C(OH)–C–C–N with tert-alkyl or cyclic N) is 1. The molecule has 5 heteroatoms. The third-order valence-corrected chi connectivity index (χ3v) is 3.83. The van der Waals surface area contributed by atoms with Crippen molar-refractivity contribution in [3.63, 3.8) is 0 Å². The first-order valence-electron chi connectivity index (χ1n) is 6.95. The van der Waals surface area contributed by atoms with Crippen LogP contribution in [0, 0.1) is 0 Å². The lowest BCUT2D eigenvalue weighted by molar-refractivity contribution is 0.0791. The second-order valence-corrected chi connectivity index (χ2v) is 5.23. The zero-order valence-electron chi connectivity index (χ0n) is 12.5. The van der Waals surface area contributed by atoms with Gasteiger partial charge in [-0.05, 0) is 19.2 Å². The molecule has 1 aromatic carbocycles. The quantitative estimate of drug-likeness (QED) is 0.871. The molecule has 0 saturated carbocycles. The number of rotatable bonds is 5. The fraction of sp³-hybridized carbons (Fsp3) is 0.600. The highest BCUT2D eigenvalue weighted by molar-refractivity contribution is 5.42. The van der Waals surface area contributed by atoms with E-state index in [-0.39, 0.29) is 0 Å². The van der Waals surface area contributed by atoms with E-state index in [2.05, 4.69) is 16.8 Å². The lowest BCUT2D eigenvalue weighted by Gasteiger charge is -2.33. The number of methoxy groups -OCH3 is 2. The Morgan fingerprint density at radius 2 is 1.85 bits per heavy atom. The summed E-state index contributed by atoms with van der Waals surface area (Å²) in [4.78, 5) is 4.59. The van der Waals surface area contributed by atoms with Gasteiger partial charge in [-0.2, -0.15) is 0 Å². The molecule has 0 radical (unpaired) electrons. The summed E-state index contributed by atoms with van der Waals surface area (Å²) in [7, 11) is 5.36. The fourth-order valence-corrected chi connectivity index (χ4v) is 2.47. The van der Waals surface area contributed by atoms with Crippen LogP contribution in [0.3, 0.4) is 0 Å². The monoisotopic (exact) mass is 280 g/mol. The molecule has 1 saturated heterocycles. The molecule has 1 heterocycles. The molecule has 0 bridgehead atoms. The molecular formula is C15H24N2O3. The summed E-state index contributed by atoms with van der Waals surface area (Å²) in [6.07, 6.45) is -0.542. The van der Waals surface area contributed by atoms with Crippen molar-refractivity contribution < 1.29 is 14.6 Å². The fourth-order valence-electron chi connectivity index (χ4n) is 2.47. The molecule has 2 rings (SSSR count). The maximum atomic E-state index is 10.4. The summed E-state index contributed by atoms with van der Waals surface area (Å²) in [5.74, 6) is 1.41. The predicted octanol–water partition coefficient (Wildman–Crippen LogP) is 0.985. The third-order valence-electron chi connectivity index (χ3n) is 3.83. The van der Waals surface area contributed by atoms with E-state index in [0.717, 1.165) is 37.5 Å². The van der Waals surface area contributed by atoms with Crippen molar-refractivity contribution in [3.05, 3.63) is 23.8 Å². The molecule has 20 heavy (non-hydrogen) atoms. The number of benzene rings is 1. The van der Waals surface area contributed by atoms with Gasteiger partial charge in [-0.1, -0.05) is 0 Å². The smallest absolute Gasteiger partial charge is 0.128 e. The standard InChI is InChI=1S/C15H24N2O3/c1-16-6-8-17(9-7-16)11-14(18)13-5-4-12(19-2)10-15(13)20-3/h4-5,10,14,18H,6-9,11H2,1-3H3. The van der Waals surface area contributed by atoms with E-state index in [0.29, 0.717) is 12.3 Å². The van der Waals surface area contributed by atoms with Crippen LogP contribution in [0.15, 0.2) is 18.2 Å². The highest BCUT2D eigenvalue weighted by Gasteiger charge is 2.20. The van der Waals surface area contributed by atoms with Crippen LogP contribution in [0.5, 0.6) is 11.5 Å². The molecule has 0 spiro atoms. The molecule has 1 aliphatic heterocycles. The van der Waals surface area contributed by atoms with Crippen molar-refractivity contribution in [3.8, 4) is 11.5 Å². The number of ether oxygens (including phenoxy) is 2. The molecule has 1 N–H and O–H groups in total. The molecule has 0 aliphatic carbocycles. The Morgan fingerprint density at radius 3 is 2.45 bits per heavy atom. The molecule has 1 atom stereocenters. The van der Waals surface area contributed by atoms with Gasteiger partial charge in [0, 0.05) is 44.4 Å². The van der Waals surface area contributed by atoms with Crippen LogP contribution in [0.4, 0.5) is 0 Å². The molecule has 112 valence electrons. The second-order valence-electron chi connectivity index (χ2n) is 5.23. The Morgan fingerprint density at radius 1 is 1.15 bits per heavy atom. The van der Waals surface area contributed by atoms with Crippen molar-refractivity contribution in [1.82, 2.24) is 9.80 Å². The Hall–Kier alpha value is -1.30. The van der Waals surface area contributed by atoms with Crippen LogP contribution >= 0.6 is 0 Å². The number of likely N-dealkylation sites (N-methyl/N-ethyl adjacent to an activating group) is 1. The van der Waals surface area contributed by atoms with Crippen LogP contribution in [0.25, 0.3) is 0 Å². The average Bonchev–Trinajstić information content (AvgIpc) is 2.48. The van der Waals surface area contributed by atoms with Crippen LogP contribution in [-0.2, 0) is 0 Å². The van der Waals surface area contributed by atoms with Crippen molar-refractivity contribution >= 4 is 0 Å². The Labute approximate surface area is 120 Å². The first-order valence-corrected chi connectivity index (χ1v) is 6.95. The number of hydrogen-bond donors (Lipinski definition) is 1. The molecule has 1 aromatic rings. The minimum Gasteiger partial charge on any atom is -0.497 e. The van der Waals surface area contributed by atoms with E-state index in [4.69, 9.17) is 9.47 Å². The van der Waals surface area contributed by atoms with Gasteiger partial charge in [0.2, 0.25) is 0 Å². The minimum absolute atomic E-state index is 0.542. The van der Waals surface area contributed by atoms with E-state index in [1.54, 1.807) is 14.2 Å². The SMILES string of the molecule is COc1ccc(C(O)CN2CCN(C)CC2)c(OC)c1. The van der Waals surface area contributed by atoms with Gasteiger partial charge in [-0.25, -0.2) is 0 Å². The Balaban J connectivity index is 2.03. The molecule has 1 fully saturated rings. The summed E-state index contributed by atoms with van der Waals surface area (Å²) >= 11 is 0. The Bertz CT molecular complexity index is 431. The lowest BCUT2D eigenvalue weighted by Crippen LogP contribution is -2.45. The van der Waals surface area contributed by atoms with Crippen molar-refractivity contribution in [2.24, 2.45) is 0 Å².